The fourth-order valence-electron chi connectivity index (χ4n) is 2.85. The van der Waals surface area contributed by atoms with Gasteiger partial charge >= 0.3 is 6.03 Å². The van der Waals surface area contributed by atoms with Crippen molar-refractivity contribution in [3.05, 3.63) is 33.8 Å². The molecule has 1 aromatic rings. The number of nitrogens with one attached hydrogen (secondary N) is 1. The number of hydrogen-bond donors (Lipinski definition) is 1. The van der Waals surface area contributed by atoms with E-state index < -0.39 is 11.6 Å². The van der Waals surface area contributed by atoms with Gasteiger partial charge in [-0.25, -0.2) is 9.69 Å². The Labute approximate surface area is 144 Å². The molecule has 1 aromatic carbocycles. The number of morpholine rings is 1. The summed E-state index contributed by atoms with van der Waals surface area (Å²) in [4.78, 5) is 28.4. The summed E-state index contributed by atoms with van der Waals surface area (Å²) in [7, 11) is 0. The monoisotopic (exact) mass is 357 g/mol. The van der Waals surface area contributed by atoms with E-state index in [9.17, 15) is 9.59 Å². The normalized spacial score (nSPS) is 25.8. The standard InChI is InChI=1S/C15H17Cl2N3O3/c1-15(11-3-2-10(16)8-12(11)17)13(21)20(14(22)18-15)9-19-4-6-23-7-5-19/h2-3,8H,4-7,9H2,1H3,(H,18,22)/t15-/m1/s1. The second-order valence-electron chi connectivity index (χ2n) is 5.78. The van der Waals surface area contributed by atoms with E-state index in [2.05, 4.69) is 5.32 Å². The molecule has 3 rings (SSSR count). The van der Waals surface area contributed by atoms with Gasteiger partial charge < -0.3 is 10.1 Å². The molecule has 23 heavy (non-hydrogen) atoms. The van der Waals surface area contributed by atoms with Crippen molar-refractivity contribution in [3.8, 4) is 0 Å². The zero-order valence-electron chi connectivity index (χ0n) is 12.6. The molecule has 8 heteroatoms. The summed E-state index contributed by atoms with van der Waals surface area (Å²) in [6, 6.07) is 4.46. The van der Waals surface area contributed by atoms with E-state index in [0.717, 1.165) is 0 Å². The second kappa shape index (κ2) is 6.28. The maximum absolute atomic E-state index is 12.8. The first-order valence-corrected chi connectivity index (χ1v) is 8.07. The second-order valence-corrected chi connectivity index (χ2v) is 6.63. The van der Waals surface area contributed by atoms with E-state index in [-0.39, 0.29) is 12.6 Å². The first-order chi connectivity index (χ1) is 10.9. The minimum absolute atomic E-state index is 0.245. The van der Waals surface area contributed by atoms with Crippen LogP contribution >= 0.6 is 23.2 Å². The Morgan fingerprint density at radius 1 is 1.26 bits per heavy atom. The Morgan fingerprint density at radius 3 is 2.61 bits per heavy atom. The Morgan fingerprint density at radius 2 is 1.96 bits per heavy atom. The maximum atomic E-state index is 12.8. The lowest BCUT2D eigenvalue weighted by atomic mass is 9.92. The van der Waals surface area contributed by atoms with Gasteiger partial charge in [0.25, 0.3) is 5.91 Å². The van der Waals surface area contributed by atoms with Gasteiger partial charge in [0.05, 0.1) is 19.9 Å². The minimum atomic E-state index is -1.19. The number of benzene rings is 1. The number of amides is 3. The predicted octanol–water partition coefficient (Wildman–Crippen LogP) is 2.05. The molecule has 124 valence electrons. The molecular weight excluding hydrogens is 341 g/mol. The molecule has 0 unspecified atom stereocenters. The van der Waals surface area contributed by atoms with E-state index >= 15 is 0 Å². The van der Waals surface area contributed by atoms with E-state index in [1.54, 1.807) is 25.1 Å². The topological polar surface area (TPSA) is 61.9 Å². The molecule has 0 aromatic heterocycles. The molecule has 0 aliphatic carbocycles. The van der Waals surface area contributed by atoms with Gasteiger partial charge in [-0.15, -0.1) is 0 Å². The van der Waals surface area contributed by atoms with Gasteiger partial charge in [0.15, 0.2) is 0 Å². The van der Waals surface area contributed by atoms with Crippen molar-refractivity contribution in [1.29, 1.82) is 0 Å². The van der Waals surface area contributed by atoms with Crippen LogP contribution in [0.4, 0.5) is 4.79 Å². The summed E-state index contributed by atoms with van der Waals surface area (Å²) >= 11 is 12.1. The lowest BCUT2D eigenvalue weighted by Crippen LogP contribution is -2.47. The number of hydrogen-bond acceptors (Lipinski definition) is 4. The molecule has 6 nitrogen and oxygen atoms in total. The van der Waals surface area contributed by atoms with Gasteiger partial charge in [-0.05, 0) is 19.1 Å². The number of ether oxygens (including phenoxy) is 1. The molecule has 0 spiro atoms. The third-order valence-electron chi connectivity index (χ3n) is 4.19. The molecule has 2 heterocycles. The lowest BCUT2D eigenvalue weighted by molar-refractivity contribution is -0.133. The Balaban J connectivity index is 1.84. The molecule has 2 aliphatic heterocycles. The van der Waals surface area contributed by atoms with Gasteiger partial charge in [0, 0.05) is 28.7 Å². The average molecular weight is 358 g/mol. The van der Waals surface area contributed by atoms with Crippen LogP contribution in [0.1, 0.15) is 12.5 Å². The van der Waals surface area contributed by atoms with Gasteiger partial charge in [-0.3, -0.25) is 9.69 Å². The third-order valence-corrected chi connectivity index (χ3v) is 4.74. The molecule has 3 amide bonds. The zero-order valence-corrected chi connectivity index (χ0v) is 14.2. The van der Waals surface area contributed by atoms with Crippen LogP contribution in [-0.4, -0.2) is 54.7 Å². The van der Waals surface area contributed by atoms with Gasteiger partial charge in [-0.1, -0.05) is 29.3 Å². The van der Waals surface area contributed by atoms with Crippen molar-refractivity contribution in [2.45, 2.75) is 12.5 Å². The van der Waals surface area contributed by atoms with E-state index in [1.807, 2.05) is 4.90 Å². The average Bonchev–Trinajstić information content (AvgIpc) is 2.72. The van der Waals surface area contributed by atoms with Crippen LogP contribution in [0.5, 0.6) is 0 Å². The largest absolute Gasteiger partial charge is 0.379 e. The fraction of sp³-hybridized carbons (Fsp3) is 0.467. The summed E-state index contributed by atoms with van der Waals surface area (Å²) in [6.07, 6.45) is 0. The number of halogens is 2. The van der Waals surface area contributed by atoms with E-state index in [1.165, 1.54) is 4.90 Å². The number of carbonyl (C=O) groups is 2. The quantitative estimate of drug-likeness (QED) is 0.841. The van der Waals surface area contributed by atoms with Crippen molar-refractivity contribution >= 4 is 35.1 Å². The van der Waals surface area contributed by atoms with Gasteiger partial charge in [0.2, 0.25) is 0 Å². The van der Waals surface area contributed by atoms with Crippen molar-refractivity contribution < 1.29 is 14.3 Å². The smallest absolute Gasteiger partial charge is 0.326 e. The summed E-state index contributed by atoms with van der Waals surface area (Å²) < 4.78 is 5.28. The van der Waals surface area contributed by atoms with Crippen molar-refractivity contribution in [1.82, 2.24) is 15.1 Å². The first-order valence-electron chi connectivity index (χ1n) is 7.31. The van der Waals surface area contributed by atoms with E-state index in [0.29, 0.717) is 41.9 Å². The number of rotatable bonds is 3. The molecule has 2 fully saturated rings. The first kappa shape index (κ1) is 16.5. The Bertz CT molecular complexity index is 649. The summed E-state index contributed by atoms with van der Waals surface area (Å²) in [5.74, 6) is -0.321. The van der Waals surface area contributed by atoms with Crippen molar-refractivity contribution in [2.75, 3.05) is 33.0 Å². The summed E-state index contributed by atoms with van der Waals surface area (Å²) in [6.45, 7) is 4.48. The van der Waals surface area contributed by atoms with Crippen LogP contribution in [0.15, 0.2) is 18.2 Å². The highest BCUT2D eigenvalue weighted by Crippen LogP contribution is 2.35. The molecule has 0 radical (unpaired) electrons. The predicted molar refractivity (Wildman–Crippen MR) is 86.5 cm³/mol. The third kappa shape index (κ3) is 3.04. The fourth-order valence-corrected chi connectivity index (χ4v) is 3.44. The Hall–Kier alpha value is -1.34. The van der Waals surface area contributed by atoms with Crippen molar-refractivity contribution in [2.24, 2.45) is 0 Å². The van der Waals surface area contributed by atoms with Crippen LogP contribution in [0.2, 0.25) is 10.0 Å². The van der Waals surface area contributed by atoms with Crippen LogP contribution in [0, 0.1) is 0 Å². The molecule has 1 atom stereocenters. The van der Waals surface area contributed by atoms with Gasteiger partial charge in [-0.2, -0.15) is 0 Å². The number of nitrogens with zero attached hydrogens (tertiary/aromatic N) is 2. The van der Waals surface area contributed by atoms with Gasteiger partial charge in [0.1, 0.15) is 5.54 Å². The maximum Gasteiger partial charge on any atom is 0.326 e. The van der Waals surface area contributed by atoms with E-state index in [4.69, 9.17) is 27.9 Å². The Kier molecular flexibility index (Phi) is 4.51. The van der Waals surface area contributed by atoms with Crippen LogP contribution in [0.3, 0.4) is 0 Å². The minimum Gasteiger partial charge on any atom is -0.379 e. The van der Waals surface area contributed by atoms with Crippen LogP contribution in [-0.2, 0) is 15.1 Å². The SMILES string of the molecule is C[C@]1(c2ccc(Cl)cc2Cl)NC(=O)N(CN2CCOCC2)C1=O. The summed E-state index contributed by atoms with van der Waals surface area (Å²) in [5.41, 5.74) is -0.656. The molecule has 0 saturated carbocycles. The summed E-state index contributed by atoms with van der Waals surface area (Å²) in [5, 5.41) is 3.57. The number of imide groups is 1. The molecule has 2 aliphatic rings. The number of urea groups is 1. The lowest BCUT2D eigenvalue weighted by Gasteiger charge is -2.30. The molecule has 1 N–H and O–H groups in total. The highest BCUT2D eigenvalue weighted by atomic mass is 35.5. The molecule has 2 saturated heterocycles. The van der Waals surface area contributed by atoms with Crippen LogP contribution in [0.25, 0.3) is 0 Å². The zero-order chi connectivity index (χ0) is 16.6. The highest BCUT2D eigenvalue weighted by molar-refractivity contribution is 6.35. The number of carbonyl (C=O) groups excluding carboxylic acids is 2. The highest BCUT2D eigenvalue weighted by Gasteiger charge is 2.50. The molecule has 0 bridgehead atoms. The van der Waals surface area contributed by atoms with Crippen molar-refractivity contribution in [3.63, 3.8) is 0 Å². The van der Waals surface area contributed by atoms with Crippen LogP contribution < -0.4 is 5.32 Å². The molecular formula is C15H17Cl2N3O3.